The van der Waals surface area contributed by atoms with Gasteiger partial charge in [-0.2, -0.15) is 0 Å². The van der Waals surface area contributed by atoms with E-state index in [0.717, 1.165) is 39.5 Å². The molecule has 266 valence electrons. The summed E-state index contributed by atoms with van der Waals surface area (Å²) in [5.74, 6) is 0.650. The van der Waals surface area contributed by atoms with Crippen LogP contribution >= 0.6 is 0 Å². The van der Waals surface area contributed by atoms with Gasteiger partial charge in [-0.05, 0) is 119 Å². The van der Waals surface area contributed by atoms with E-state index in [0.29, 0.717) is 5.82 Å². The van der Waals surface area contributed by atoms with Crippen molar-refractivity contribution >= 4 is 49.8 Å². The summed E-state index contributed by atoms with van der Waals surface area (Å²) in [4.78, 5) is 15.2. The highest BCUT2D eigenvalue weighted by Crippen LogP contribution is 2.51. The van der Waals surface area contributed by atoms with Gasteiger partial charge in [-0.25, -0.2) is 15.0 Å². The third kappa shape index (κ3) is 4.92. The zero-order valence-electron chi connectivity index (χ0n) is 31.0. The minimum atomic E-state index is -0.137. The molecule has 6 heteroatoms. The van der Waals surface area contributed by atoms with Crippen LogP contribution in [0.5, 0.6) is 0 Å². The lowest BCUT2D eigenvalue weighted by Crippen LogP contribution is -2.16. The van der Waals surface area contributed by atoms with Crippen LogP contribution in [0.25, 0.3) is 66.6 Å². The first-order valence-corrected chi connectivity index (χ1v) is 19.0. The zero-order valence-corrected chi connectivity index (χ0v) is 31.0. The Balaban J connectivity index is 1.15. The molecule has 11 rings (SSSR count). The van der Waals surface area contributed by atoms with Gasteiger partial charge >= 0.3 is 0 Å². The lowest BCUT2D eigenvalue weighted by Gasteiger charge is -2.28. The van der Waals surface area contributed by atoms with Gasteiger partial charge in [-0.1, -0.05) is 80.6 Å². The number of benzene rings is 7. The summed E-state index contributed by atoms with van der Waals surface area (Å²) < 4.78 is 4.69. The monoisotopic (exact) mass is 720 g/mol. The van der Waals surface area contributed by atoms with Gasteiger partial charge in [0.25, 0.3) is 0 Å². The second kappa shape index (κ2) is 12.4. The first-order chi connectivity index (χ1) is 27.5. The maximum atomic E-state index is 4.41. The average molecular weight is 721 g/mol. The van der Waals surface area contributed by atoms with Gasteiger partial charge in [0.15, 0.2) is 5.82 Å². The van der Waals surface area contributed by atoms with Crippen LogP contribution in [-0.2, 0) is 5.41 Å². The Morgan fingerprint density at radius 3 is 1.93 bits per heavy atom. The lowest BCUT2D eigenvalue weighted by molar-refractivity contribution is 0.660. The summed E-state index contributed by atoms with van der Waals surface area (Å²) in [5, 5.41) is 3.58. The van der Waals surface area contributed by atoms with Crippen molar-refractivity contribution in [3.63, 3.8) is 0 Å². The highest BCUT2D eigenvalue weighted by atomic mass is 15.1. The van der Waals surface area contributed by atoms with E-state index in [1.165, 1.54) is 49.4 Å². The van der Waals surface area contributed by atoms with Gasteiger partial charge in [0, 0.05) is 61.8 Å². The molecule has 0 bridgehead atoms. The number of aromatic nitrogens is 5. The van der Waals surface area contributed by atoms with E-state index in [1.807, 2.05) is 0 Å². The smallest absolute Gasteiger partial charge is 0.162 e. The molecule has 0 amide bonds. The van der Waals surface area contributed by atoms with E-state index in [4.69, 9.17) is 0 Å². The molecule has 0 atom stereocenters. The second-order valence-electron chi connectivity index (χ2n) is 15.1. The van der Waals surface area contributed by atoms with Crippen molar-refractivity contribution in [2.75, 3.05) is 4.90 Å². The second-order valence-corrected chi connectivity index (χ2v) is 15.1. The largest absolute Gasteiger partial charge is 0.317 e. The van der Waals surface area contributed by atoms with Crippen LogP contribution < -0.4 is 4.90 Å². The molecule has 0 unspecified atom stereocenters. The van der Waals surface area contributed by atoms with E-state index < -0.39 is 0 Å². The molecule has 1 aliphatic carbocycles. The normalized spacial score (nSPS) is 13.0. The summed E-state index contributed by atoms with van der Waals surface area (Å²) in [7, 11) is 0. The predicted molar refractivity (Wildman–Crippen MR) is 229 cm³/mol. The molecule has 56 heavy (non-hydrogen) atoms. The molecule has 0 saturated heterocycles. The van der Waals surface area contributed by atoms with Crippen molar-refractivity contribution in [3.05, 3.63) is 194 Å². The quantitative estimate of drug-likeness (QED) is 0.172. The van der Waals surface area contributed by atoms with Crippen LogP contribution in [-0.4, -0.2) is 24.1 Å². The van der Waals surface area contributed by atoms with E-state index in [2.05, 4.69) is 213 Å². The number of anilines is 3. The van der Waals surface area contributed by atoms with Crippen molar-refractivity contribution in [1.82, 2.24) is 24.1 Å². The summed E-state index contributed by atoms with van der Waals surface area (Å²) >= 11 is 0. The molecule has 0 saturated carbocycles. The summed E-state index contributed by atoms with van der Waals surface area (Å²) in [6, 6.07) is 59.4. The number of rotatable bonds is 6. The first-order valence-electron chi connectivity index (χ1n) is 19.0. The molecule has 3 aromatic heterocycles. The minimum Gasteiger partial charge on any atom is -0.317 e. The fourth-order valence-electron chi connectivity index (χ4n) is 8.87. The Hall–Kier alpha value is -7.31. The molecule has 0 radical (unpaired) electrons. The molecule has 1 aliphatic rings. The van der Waals surface area contributed by atoms with Crippen molar-refractivity contribution in [1.29, 1.82) is 0 Å². The summed E-state index contributed by atoms with van der Waals surface area (Å²) in [6.07, 6.45) is 5.26. The zero-order chi connectivity index (χ0) is 37.4. The molecule has 7 aromatic carbocycles. The topological polar surface area (TPSA) is 51.8 Å². The van der Waals surface area contributed by atoms with E-state index in [1.54, 1.807) is 12.7 Å². The lowest BCUT2D eigenvalue weighted by atomic mass is 9.82. The molecule has 0 aliphatic heterocycles. The van der Waals surface area contributed by atoms with E-state index in [-0.39, 0.29) is 5.41 Å². The van der Waals surface area contributed by atoms with Gasteiger partial charge in [-0.3, -0.25) is 0 Å². The Bertz CT molecular complexity index is 3090. The third-order valence-corrected chi connectivity index (χ3v) is 11.6. The Labute approximate surface area is 324 Å². The van der Waals surface area contributed by atoms with Gasteiger partial charge in [0.2, 0.25) is 0 Å². The van der Waals surface area contributed by atoms with Gasteiger partial charge in [0.1, 0.15) is 12.7 Å². The summed E-state index contributed by atoms with van der Waals surface area (Å²) in [6.45, 7) is 4.68. The van der Waals surface area contributed by atoms with Crippen LogP contribution in [0.15, 0.2) is 183 Å². The first kappa shape index (κ1) is 32.1. The standard InChI is InChI=1S/C50H36N6/c1-50(2)44-16-10-9-15-40(44)41-23-21-39(29-45(41)50)55(37-19-17-33(18-20-37)49-52-31-51-32-53-49)38-22-24-46-42(28-38)43-30-47-34(25-26-54(47)35-11-5-3-6-12-35)27-48(43)56(46)36-13-7-4-8-14-36/h3-32H,1-2H3. The third-order valence-electron chi connectivity index (χ3n) is 11.6. The molecule has 0 fully saturated rings. The van der Waals surface area contributed by atoms with Crippen molar-refractivity contribution in [3.8, 4) is 33.9 Å². The number of para-hydroxylation sites is 2. The Morgan fingerprint density at radius 1 is 0.500 bits per heavy atom. The van der Waals surface area contributed by atoms with Crippen LogP contribution in [0.2, 0.25) is 0 Å². The molecule has 0 spiro atoms. The van der Waals surface area contributed by atoms with Crippen molar-refractivity contribution < 1.29 is 0 Å². The van der Waals surface area contributed by atoms with Crippen LogP contribution in [0.4, 0.5) is 17.1 Å². The van der Waals surface area contributed by atoms with Crippen LogP contribution in [0, 0.1) is 0 Å². The highest BCUT2D eigenvalue weighted by molar-refractivity contribution is 6.14. The number of hydrogen-bond donors (Lipinski definition) is 0. The Kier molecular flexibility index (Phi) is 7.10. The van der Waals surface area contributed by atoms with Gasteiger partial charge in [-0.15, -0.1) is 0 Å². The molecule has 0 N–H and O–H groups in total. The number of nitrogens with zero attached hydrogens (tertiary/aromatic N) is 6. The fraction of sp³-hybridized carbons (Fsp3) is 0.0600. The van der Waals surface area contributed by atoms with Crippen molar-refractivity contribution in [2.24, 2.45) is 0 Å². The average Bonchev–Trinajstić information content (AvgIpc) is 3.89. The van der Waals surface area contributed by atoms with Crippen molar-refractivity contribution in [2.45, 2.75) is 19.3 Å². The van der Waals surface area contributed by atoms with Gasteiger partial charge in [0.05, 0.1) is 16.6 Å². The number of hydrogen-bond acceptors (Lipinski definition) is 4. The maximum absolute atomic E-state index is 4.41. The molecule has 3 heterocycles. The highest BCUT2D eigenvalue weighted by Gasteiger charge is 2.35. The molecule has 6 nitrogen and oxygen atoms in total. The minimum absolute atomic E-state index is 0.137. The van der Waals surface area contributed by atoms with E-state index in [9.17, 15) is 0 Å². The molecular weight excluding hydrogens is 685 g/mol. The Morgan fingerprint density at radius 2 is 1.14 bits per heavy atom. The predicted octanol–water partition coefficient (Wildman–Crippen LogP) is 12.4. The molecule has 10 aromatic rings. The maximum Gasteiger partial charge on any atom is 0.162 e. The molecular formula is C50H36N6. The van der Waals surface area contributed by atoms with Crippen LogP contribution in [0.3, 0.4) is 0 Å². The van der Waals surface area contributed by atoms with E-state index >= 15 is 0 Å². The van der Waals surface area contributed by atoms with Crippen LogP contribution in [0.1, 0.15) is 25.0 Å². The fourth-order valence-corrected chi connectivity index (χ4v) is 8.87. The number of fused-ring (bicyclic) bond motifs is 7. The van der Waals surface area contributed by atoms with Gasteiger partial charge < -0.3 is 14.0 Å². The SMILES string of the molecule is CC1(C)c2ccccc2-c2ccc(N(c3ccc(-c4ncncn4)cc3)c3ccc4c(c3)c3cc5c(ccn5-c5ccccc5)cc3n4-c3ccccc3)cc21. The summed E-state index contributed by atoms with van der Waals surface area (Å²) in [5.41, 5.74) is 15.1.